The molecule has 1 aliphatic heterocycles. The molecule has 0 spiro atoms. The van der Waals surface area contributed by atoms with Crippen LogP contribution in [0.1, 0.15) is 33.6 Å². The van der Waals surface area contributed by atoms with E-state index in [-0.39, 0.29) is 23.8 Å². The fraction of sp³-hybridized carbons (Fsp3) is 0.611. The maximum atomic E-state index is 12.5. The third-order valence-electron chi connectivity index (χ3n) is 4.41. The second-order valence-electron chi connectivity index (χ2n) is 7.00. The first-order valence-electron chi connectivity index (χ1n) is 8.81. The van der Waals surface area contributed by atoms with Gasteiger partial charge in [-0.1, -0.05) is 13.8 Å². The number of hydrogen-bond acceptors (Lipinski definition) is 4. The van der Waals surface area contributed by atoms with Crippen molar-refractivity contribution in [1.29, 1.82) is 0 Å². The number of anilines is 1. The summed E-state index contributed by atoms with van der Waals surface area (Å²) >= 11 is 3.33. The SMILES string of the molecule is CC(C)CNC(=O)C(C)N1CCCC(C(=O)Nc2ccc(Br)cn2)C1. The molecule has 2 unspecified atom stereocenters. The van der Waals surface area contributed by atoms with Gasteiger partial charge in [0.05, 0.1) is 12.0 Å². The highest BCUT2D eigenvalue weighted by Gasteiger charge is 2.30. The van der Waals surface area contributed by atoms with Crippen LogP contribution < -0.4 is 10.6 Å². The number of hydrogen-bond donors (Lipinski definition) is 2. The zero-order chi connectivity index (χ0) is 18.4. The van der Waals surface area contributed by atoms with E-state index in [0.717, 1.165) is 23.9 Å². The molecule has 6 nitrogen and oxygen atoms in total. The second kappa shape index (κ2) is 9.29. The van der Waals surface area contributed by atoms with Gasteiger partial charge in [0, 0.05) is 23.8 Å². The number of carbonyl (C=O) groups is 2. The van der Waals surface area contributed by atoms with Crippen LogP contribution >= 0.6 is 15.9 Å². The summed E-state index contributed by atoms with van der Waals surface area (Å²) in [6, 6.07) is 3.39. The summed E-state index contributed by atoms with van der Waals surface area (Å²) in [5, 5.41) is 5.84. The topological polar surface area (TPSA) is 74.3 Å². The van der Waals surface area contributed by atoms with Crippen LogP contribution in [0.4, 0.5) is 5.82 Å². The molecule has 0 aliphatic carbocycles. The van der Waals surface area contributed by atoms with Crippen LogP contribution in [0.15, 0.2) is 22.8 Å². The number of piperidine rings is 1. The standard InChI is InChI=1S/C18H27BrN4O2/c1-12(2)9-21-17(24)13(3)23-8-4-5-14(11-23)18(25)22-16-7-6-15(19)10-20-16/h6-7,10,12-14H,4-5,8-9,11H2,1-3H3,(H,21,24)(H,20,22,25). The first-order chi connectivity index (χ1) is 11.9. The number of nitrogens with one attached hydrogen (secondary N) is 2. The Morgan fingerprint density at radius 3 is 2.76 bits per heavy atom. The van der Waals surface area contributed by atoms with Gasteiger partial charge in [-0.2, -0.15) is 0 Å². The summed E-state index contributed by atoms with van der Waals surface area (Å²) in [7, 11) is 0. The Morgan fingerprint density at radius 2 is 2.12 bits per heavy atom. The van der Waals surface area contributed by atoms with Crippen molar-refractivity contribution in [2.45, 2.75) is 39.7 Å². The maximum Gasteiger partial charge on any atom is 0.237 e. The Labute approximate surface area is 157 Å². The number of carbonyl (C=O) groups excluding carboxylic acids is 2. The third-order valence-corrected chi connectivity index (χ3v) is 4.88. The molecule has 2 amide bonds. The number of amides is 2. The van der Waals surface area contributed by atoms with E-state index in [2.05, 4.69) is 50.3 Å². The minimum atomic E-state index is -0.222. The number of likely N-dealkylation sites (tertiary alicyclic amines) is 1. The van der Waals surface area contributed by atoms with Crippen molar-refractivity contribution in [2.24, 2.45) is 11.8 Å². The van der Waals surface area contributed by atoms with E-state index in [4.69, 9.17) is 0 Å². The summed E-state index contributed by atoms with van der Waals surface area (Å²) in [6.07, 6.45) is 3.40. The lowest BCUT2D eigenvalue weighted by molar-refractivity contribution is -0.129. The van der Waals surface area contributed by atoms with Gasteiger partial charge in [-0.25, -0.2) is 4.98 Å². The second-order valence-corrected chi connectivity index (χ2v) is 7.92. The van der Waals surface area contributed by atoms with Crippen LogP contribution in [0.2, 0.25) is 0 Å². The highest BCUT2D eigenvalue weighted by molar-refractivity contribution is 9.10. The van der Waals surface area contributed by atoms with Crippen molar-refractivity contribution >= 4 is 33.6 Å². The molecule has 0 saturated carbocycles. The molecule has 25 heavy (non-hydrogen) atoms. The average Bonchev–Trinajstić information content (AvgIpc) is 2.61. The van der Waals surface area contributed by atoms with Gasteiger partial charge in [0.15, 0.2) is 0 Å². The van der Waals surface area contributed by atoms with E-state index >= 15 is 0 Å². The van der Waals surface area contributed by atoms with Crippen molar-refractivity contribution in [3.05, 3.63) is 22.8 Å². The van der Waals surface area contributed by atoms with Crippen LogP contribution in [0.3, 0.4) is 0 Å². The normalized spacial score (nSPS) is 19.5. The van der Waals surface area contributed by atoms with E-state index in [1.807, 2.05) is 13.0 Å². The monoisotopic (exact) mass is 410 g/mol. The highest BCUT2D eigenvalue weighted by Crippen LogP contribution is 2.20. The molecule has 2 rings (SSSR count). The Bertz CT molecular complexity index is 591. The van der Waals surface area contributed by atoms with Gasteiger partial charge in [-0.15, -0.1) is 0 Å². The Hall–Kier alpha value is -1.47. The van der Waals surface area contributed by atoms with Crippen molar-refractivity contribution in [3.8, 4) is 0 Å². The van der Waals surface area contributed by atoms with Gasteiger partial charge in [0.1, 0.15) is 5.82 Å². The molecule has 0 aromatic carbocycles. The van der Waals surface area contributed by atoms with Crippen LogP contribution in [0.5, 0.6) is 0 Å². The van der Waals surface area contributed by atoms with Crippen molar-refractivity contribution in [1.82, 2.24) is 15.2 Å². The summed E-state index contributed by atoms with van der Waals surface area (Å²) in [4.78, 5) is 31.1. The first kappa shape index (κ1) is 19.8. The lowest BCUT2D eigenvalue weighted by Gasteiger charge is -2.35. The van der Waals surface area contributed by atoms with E-state index in [9.17, 15) is 9.59 Å². The van der Waals surface area contributed by atoms with Crippen molar-refractivity contribution in [2.75, 3.05) is 25.0 Å². The minimum absolute atomic E-state index is 0.0318. The number of halogens is 1. The van der Waals surface area contributed by atoms with Gasteiger partial charge in [-0.05, 0) is 60.3 Å². The molecule has 0 radical (unpaired) electrons. The van der Waals surface area contributed by atoms with E-state index in [0.29, 0.717) is 24.8 Å². The van der Waals surface area contributed by atoms with E-state index in [1.165, 1.54) is 0 Å². The molecule has 7 heteroatoms. The third kappa shape index (κ3) is 6.08. The number of rotatable bonds is 6. The van der Waals surface area contributed by atoms with Gasteiger partial charge < -0.3 is 10.6 Å². The van der Waals surface area contributed by atoms with Crippen LogP contribution in [0.25, 0.3) is 0 Å². The fourth-order valence-corrected chi connectivity index (χ4v) is 3.10. The molecular weight excluding hydrogens is 384 g/mol. The summed E-state index contributed by atoms with van der Waals surface area (Å²) in [5.41, 5.74) is 0. The Kier molecular flexibility index (Phi) is 7.38. The molecule has 1 aromatic rings. The molecule has 1 fully saturated rings. The van der Waals surface area contributed by atoms with Gasteiger partial charge in [-0.3, -0.25) is 14.5 Å². The predicted molar refractivity (Wildman–Crippen MR) is 102 cm³/mol. The Morgan fingerprint density at radius 1 is 1.36 bits per heavy atom. The van der Waals surface area contributed by atoms with Crippen LogP contribution in [0, 0.1) is 11.8 Å². The molecule has 138 valence electrons. The highest BCUT2D eigenvalue weighted by atomic mass is 79.9. The van der Waals surface area contributed by atoms with Gasteiger partial charge in [0.25, 0.3) is 0 Å². The number of nitrogens with zero attached hydrogens (tertiary/aromatic N) is 2. The molecule has 1 aromatic heterocycles. The van der Waals surface area contributed by atoms with Gasteiger partial charge >= 0.3 is 0 Å². The zero-order valence-corrected chi connectivity index (χ0v) is 16.7. The van der Waals surface area contributed by atoms with Crippen molar-refractivity contribution < 1.29 is 9.59 Å². The smallest absolute Gasteiger partial charge is 0.237 e. The molecule has 1 saturated heterocycles. The quantitative estimate of drug-likeness (QED) is 0.755. The maximum absolute atomic E-state index is 12.5. The van der Waals surface area contributed by atoms with Crippen LogP contribution in [-0.4, -0.2) is 47.4 Å². The molecule has 2 N–H and O–H groups in total. The summed E-state index contributed by atoms with van der Waals surface area (Å²) < 4.78 is 0.871. The average molecular weight is 411 g/mol. The van der Waals surface area contributed by atoms with Gasteiger partial charge in [0.2, 0.25) is 11.8 Å². The van der Waals surface area contributed by atoms with E-state index < -0.39 is 0 Å². The Balaban J connectivity index is 1.89. The molecule has 1 aliphatic rings. The lowest BCUT2D eigenvalue weighted by atomic mass is 9.96. The predicted octanol–water partition coefficient (Wildman–Crippen LogP) is 2.66. The van der Waals surface area contributed by atoms with Crippen molar-refractivity contribution in [3.63, 3.8) is 0 Å². The minimum Gasteiger partial charge on any atom is -0.354 e. The molecule has 0 bridgehead atoms. The lowest BCUT2D eigenvalue weighted by Crippen LogP contribution is -2.51. The zero-order valence-electron chi connectivity index (χ0n) is 15.1. The van der Waals surface area contributed by atoms with E-state index in [1.54, 1.807) is 12.3 Å². The molecular formula is C18H27BrN4O2. The number of pyridine rings is 1. The number of aromatic nitrogens is 1. The molecule has 2 heterocycles. The molecule has 2 atom stereocenters. The summed E-state index contributed by atoms with van der Waals surface area (Å²) in [6.45, 7) is 8.17. The summed E-state index contributed by atoms with van der Waals surface area (Å²) in [5.74, 6) is 0.848. The van der Waals surface area contributed by atoms with Crippen LogP contribution in [-0.2, 0) is 9.59 Å². The fourth-order valence-electron chi connectivity index (χ4n) is 2.87. The largest absolute Gasteiger partial charge is 0.354 e. The first-order valence-corrected chi connectivity index (χ1v) is 9.60.